The molecule has 0 aromatic heterocycles. The summed E-state index contributed by atoms with van der Waals surface area (Å²) in [5.74, 6) is 1.70. The molecule has 2 saturated carbocycles. The molecule has 0 spiro atoms. The van der Waals surface area contributed by atoms with E-state index in [1.165, 1.54) is 41.5 Å². The van der Waals surface area contributed by atoms with Crippen molar-refractivity contribution in [3.05, 3.63) is 64.2 Å². The fraction of sp³-hybridized carbons (Fsp3) is 0.435. The minimum Gasteiger partial charge on any atom is -0.478 e. The molecule has 5 rings (SSSR count). The smallest absolute Gasteiger partial charge is 0.337 e. The first-order chi connectivity index (χ1) is 12.5. The second-order valence-corrected chi connectivity index (χ2v) is 8.49. The number of aryl methyl sites for hydroxylation is 2. The molecule has 26 heavy (non-hydrogen) atoms. The van der Waals surface area contributed by atoms with Crippen LogP contribution >= 0.6 is 0 Å². The summed E-state index contributed by atoms with van der Waals surface area (Å²) in [7, 11) is 0. The number of para-hydroxylation sites is 1. The summed E-state index contributed by atoms with van der Waals surface area (Å²) in [6.07, 6.45) is 3.92. The summed E-state index contributed by atoms with van der Waals surface area (Å²) in [5, 5.41) is 13.4. The van der Waals surface area contributed by atoms with Crippen LogP contribution in [0.5, 0.6) is 0 Å². The van der Waals surface area contributed by atoms with E-state index in [-0.39, 0.29) is 6.04 Å². The van der Waals surface area contributed by atoms with Crippen LogP contribution in [0.25, 0.3) is 0 Å². The molecule has 2 fully saturated rings. The lowest BCUT2D eigenvalue weighted by molar-refractivity contribution is 0.0697. The van der Waals surface area contributed by atoms with Gasteiger partial charge in [0.05, 0.1) is 17.3 Å². The van der Waals surface area contributed by atoms with Crippen molar-refractivity contribution in [3.63, 3.8) is 0 Å². The number of aromatic carboxylic acids is 1. The summed E-state index contributed by atoms with van der Waals surface area (Å²) < 4.78 is 0. The number of rotatable bonds is 2. The van der Waals surface area contributed by atoms with E-state index in [0.29, 0.717) is 23.3 Å². The Balaban J connectivity index is 1.70. The van der Waals surface area contributed by atoms with Gasteiger partial charge in [-0.2, -0.15) is 0 Å². The van der Waals surface area contributed by atoms with E-state index in [2.05, 4.69) is 43.4 Å². The molecule has 3 aliphatic rings. The highest BCUT2D eigenvalue weighted by Crippen LogP contribution is 2.64. The molecule has 134 valence electrons. The maximum absolute atomic E-state index is 11.8. The number of anilines is 1. The fourth-order valence-electron chi connectivity index (χ4n) is 6.10. The number of benzene rings is 2. The van der Waals surface area contributed by atoms with Crippen LogP contribution in [0.3, 0.4) is 0 Å². The molecule has 0 radical (unpaired) electrons. The quantitative estimate of drug-likeness (QED) is 0.775. The van der Waals surface area contributed by atoms with Crippen molar-refractivity contribution in [2.45, 2.75) is 45.1 Å². The zero-order valence-corrected chi connectivity index (χ0v) is 15.3. The Bertz CT molecular complexity index is 903. The van der Waals surface area contributed by atoms with Gasteiger partial charge >= 0.3 is 5.97 Å². The third-order valence-electron chi connectivity index (χ3n) is 7.12. The summed E-state index contributed by atoms with van der Waals surface area (Å²) in [5.41, 5.74) is 6.43. The minimum atomic E-state index is -0.837. The highest BCUT2D eigenvalue weighted by atomic mass is 16.4. The molecule has 3 nitrogen and oxygen atoms in total. The molecular formula is C23H25NO2. The molecule has 2 N–H and O–H groups in total. The molecule has 2 aromatic rings. The lowest BCUT2D eigenvalue weighted by atomic mass is 9.67. The van der Waals surface area contributed by atoms with E-state index >= 15 is 0 Å². The highest BCUT2D eigenvalue weighted by Gasteiger charge is 2.54. The van der Waals surface area contributed by atoms with Gasteiger partial charge in [0.25, 0.3) is 0 Å². The molecule has 1 aliphatic heterocycles. The molecule has 1 heterocycles. The molecule has 3 heteroatoms. The van der Waals surface area contributed by atoms with Crippen LogP contribution in [0.15, 0.2) is 36.4 Å². The molecule has 5 atom stereocenters. The van der Waals surface area contributed by atoms with E-state index in [9.17, 15) is 9.90 Å². The van der Waals surface area contributed by atoms with E-state index in [4.69, 9.17) is 0 Å². The van der Waals surface area contributed by atoms with Crippen molar-refractivity contribution >= 4 is 11.7 Å². The molecule has 0 unspecified atom stereocenters. The Labute approximate surface area is 154 Å². The zero-order chi connectivity index (χ0) is 18.0. The third kappa shape index (κ3) is 2.16. The molecule has 0 amide bonds. The summed E-state index contributed by atoms with van der Waals surface area (Å²) in [4.78, 5) is 11.8. The van der Waals surface area contributed by atoms with E-state index in [0.717, 1.165) is 11.6 Å². The van der Waals surface area contributed by atoms with E-state index in [1.807, 2.05) is 6.07 Å². The maximum Gasteiger partial charge on any atom is 0.337 e. The van der Waals surface area contributed by atoms with Gasteiger partial charge in [-0.1, -0.05) is 35.9 Å². The number of carbonyl (C=O) groups is 1. The fourth-order valence-corrected chi connectivity index (χ4v) is 6.10. The highest BCUT2D eigenvalue weighted by molar-refractivity contribution is 5.95. The first kappa shape index (κ1) is 15.9. The Morgan fingerprint density at radius 2 is 1.88 bits per heavy atom. The summed E-state index contributed by atoms with van der Waals surface area (Å²) in [6, 6.07) is 12.7. The van der Waals surface area contributed by atoms with Gasteiger partial charge in [-0.15, -0.1) is 0 Å². The predicted octanol–water partition coefficient (Wildman–Crippen LogP) is 5.30. The van der Waals surface area contributed by atoms with Gasteiger partial charge in [0, 0.05) is 0 Å². The lowest BCUT2D eigenvalue weighted by Crippen LogP contribution is -2.36. The van der Waals surface area contributed by atoms with Crippen LogP contribution in [0.2, 0.25) is 0 Å². The third-order valence-corrected chi connectivity index (χ3v) is 7.12. The average molecular weight is 347 g/mol. The van der Waals surface area contributed by atoms with Crippen molar-refractivity contribution in [2.24, 2.45) is 17.8 Å². The molecule has 2 aromatic carbocycles. The van der Waals surface area contributed by atoms with Crippen LogP contribution in [0, 0.1) is 31.6 Å². The number of carboxylic acids is 1. The molecule has 2 bridgehead atoms. The topological polar surface area (TPSA) is 49.3 Å². The second-order valence-electron chi connectivity index (χ2n) is 8.49. The predicted molar refractivity (Wildman–Crippen MR) is 103 cm³/mol. The molecule has 2 aliphatic carbocycles. The SMILES string of the molecule is Cc1ccc(C)c([C@@H]2Nc3c(C(=O)O)cccc3[C@H]3[C@H]4CC[C@H](C4)[C@H]32)c1. The van der Waals surface area contributed by atoms with E-state index in [1.54, 1.807) is 6.07 Å². The van der Waals surface area contributed by atoms with Gasteiger partial charge in [0.2, 0.25) is 0 Å². The largest absolute Gasteiger partial charge is 0.478 e. The zero-order valence-electron chi connectivity index (χ0n) is 15.3. The van der Waals surface area contributed by atoms with Crippen molar-refractivity contribution in [3.8, 4) is 0 Å². The van der Waals surface area contributed by atoms with Crippen LogP contribution in [-0.4, -0.2) is 11.1 Å². The van der Waals surface area contributed by atoms with Crippen LogP contribution < -0.4 is 5.32 Å². The number of nitrogens with one attached hydrogen (secondary N) is 1. The number of fused-ring (bicyclic) bond motifs is 7. The van der Waals surface area contributed by atoms with Gasteiger partial charge in [-0.25, -0.2) is 4.79 Å². The maximum atomic E-state index is 11.8. The van der Waals surface area contributed by atoms with Crippen molar-refractivity contribution in [1.82, 2.24) is 0 Å². The molecular weight excluding hydrogens is 322 g/mol. The normalized spacial score (nSPS) is 31.2. The Kier molecular flexibility index (Phi) is 3.43. The number of hydrogen-bond donors (Lipinski definition) is 2. The Morgan fingerprint density at radius 1 is 1.08 bits per heavy atom. The van der Waals surface area contributed by atoms with E-state index < -0.39 is 5.97 Å². The Hall–Kier alpha value is -2.29. The summed E-state index contributed by atoms with van der Waals surface area (Å²) >= 11 is 0. The second kappa shape index (κ2) is 5.60. The first-order valence-electron chi connectivity index (χ1n) is 9.74. The number of carboxylic acid groups (broad SMARTS) is 1. The van der Waals surface area contributed by atoms with Gasteiger partial charge in [0.15, 0.2) is 0 Å². The number of hydrogen-bond acceptors (Lipinski definition) is 2. The van der Waals surface area contributed by atoms with Crippen LogP contribution in [-0.2, 0) is 0 Å². The van der Waals surface area contributed by atoms with Gasteiger partial charge in [-0.3, -0.25) is 0 Å². The Morgan fingerprint density at radius 3 is 2.69 bits per heavy atom. The van der Waals surface area contributed by atoms with Crippen molar-refractivity contribution in [2.75, 3.05) is 5.32 Å². The van der Waals surface area contributed by atoms with Crippen LogP contribution in [0.1, 0.15) is 63.8 Å². The summed E-state index contributed by atoms with van der Waals surface area (Å²) in [6.45, 7) is 4.32. The standard InChI is InChI=1S/C23H25NO2/c1-12-6-7-13(2)18(10-12)22-20-15-9-8-14(11-15)19(20)16-4-3-5-17(23(25)26)21(16)24-22/h3-7,10,14-15,19-20,22,24H,8-9,11H2,1-2H3,(H,25,26)/t14-,15+,19+,20+,22-/m0/s1. The minimum absolute atomic E-state index is 0.211. The van der Waals surface area contributed by atoms with Gasteiger partial charge in [0.1, 0.15) is 0 Å². The van der Waals surface area contributed by atoms with Crippen molar-refractivity contribution in [1.29, 1.82) is 0 Å². The van der Waals surface area contributed by atoms with Crippen LogP contribution in [0.4, 0.5) is 5.69 Å². The molecule has 0 saturated heterocycles. The first-order valence-corrected chi connectivity index (χ1v) is 9.74. The van der Waals surface area contributed by atoms with Crippen molar-refractivity contribution < 1.29 is 9.90 Å². The monoisotopic (exact) mass is 347 g/mol. The lowest BCUT2D eigenvalue weighted by Gasteiger charge is -2.44. The average Bonchev–Trinajstić information content (AvgIpc) is 3.25. The van der Waals surface area contributed by atoms with Gasteiger partial charge in [-0.05, 0) is 79.5 Å². The van der Waals surface area contributed by atoms with Gasteiger partial charge < -0.3 is 10.4 Å².